The number of thioether (sulfide) groups is 1. The van der Waals surface area contributed by atoms with Crippen molar-refractivity contribution < 1.29 is 17.9 Å². The standard InChI is InChI=1S/C15H26N2O4S2/c1-12(2)23(19,20)17-10-15(11-17)7-13(9-22-15)21-8-14(18)16-5-3-4-6-16/h12-13H,3-11H2,1-2H3/t13-/m0/s1. The number of ether oxygens (including phenoxy) is 1. The molecule has 0 saturated carbocycles. The zero-order chi connectivity index (χ0) is 16.7. The highest BCUT2D eigenvalue weighted by atomic mass is 32.2. The van der Waals surface area contributed by atoms with E-state index in [-0.39, 0.29) is 28.6 Å². The zero-order valence-corrected chi connectivity index (χ0v) is 15.5. The van der Waals surface area contributed by atoms with Crippen LogP contribution in [-0.2, 0) is 19.6 Å². The van der Waals surface area contributed by atoms with E-state index < -0.39 is 10.0 Å². The summed E-state index contributed by atoms with van der Waals surface area (Å²) >= 11 is 1.80. The van der Waals surface area contributed by atoms with Crippen molar-refractivity contribution in [3.8, 4) is 0 Å². The highest BCUT2D eigenvalue weighted by molar-refractivity contribution is 8.01. The van der Waals surface area contributed by atoms with Gasteiger partial charge in [-0.2, -0.15) is 4.31 Å². The van der Waals surface area contributed by atoms with E-state index in [1.807, 2.05) is 4.90 Å². The van der Waals surface area contributed by atoms with Gasteiger partial charge in [-0.05, 0) is 33.1 Å². The van der Waals surface area contributed by atoms with Gasteiger partial charge in [0.25, 0.3) is 0 Å². The summed E-state index contributed by atoms with van der Waals surface area (Å²) in [7, 11) is -3.14. The Morgan fingerprint density at radius 3 is 2.57 bits per heavy atom. The average Bonchev–Trinajstić information content (AvgIpc) is 3.12. The smallest absolute Gasteiger partial charge is 0.248 e. The molecule has 1 spiro atoms. The minimum Gasteiger partial charge on any atom is -0.367 e. The highest BCUT2D eigenvalue weighted by Crippen LogP contribution is 2.47. The summed E-state index contributed by atoms with van der Waals surface area (Å²) in [4.78, 5) is 13.9. The Hall–Kier alpha value is -0.310. The minimum atomic E-state index is -3.14. The van der Waals surface area contributed by atoms with Gasteiger partial charge in [0, 0.05) is 36.7 Å². The fourth-order valence-electron chi connectivity index (χ4n) is 3.45. The molecule has 0 aromatic rings. The second-order valence-electron chi connectivity index (χ2n) is 7.08. The Kier molecular flexibility index (Phi) is 4.98. The molecule has 6 nitrogen and oxygen atoms in total. The van der Waals surface area contributed by atoms with E-state index in [4.69, 9.17) is 4.74 Å². The minimum absolute atomic E-state index is 0.00329. The van der Waals surface area contributed by atoms with Gasteiger partial charge in [0.15, 0.2) is 0 Å². The first kappa shape index (κ1) is 17.5. The number of rotatable bonds is 5. The van der Waals surface area contributed by atoms with E-state index in [0.29, 0.717) is 13.1 Å². The topological polar surface area (TPSA) is 66.9 Å². The molecule has 3 aliphatic heterocycles. The first-order chi connectivity index (χ1) is 10.8. The van der Waals surface area contributed by atoms with Gasteiger partial charge in [0.05, 0.1) is 11.4 Å². The fraction of sp³-hybridized carbons (Fsp3) is 0.933. The largest absolute Gasteiger partial charge is 0.367 e. The van der Waals surface area contributed by atoms with Crippen LogP contribution in [0.1, 0.15) is 33.1 Å². The molecule has 0 bridgehead atoms. The van der Waals surface area contributed by atoms with Crippen LogP contribution in [0.25, 0.3) is 0 Å². The van der Waals surface area contributed by atoms with E-state index in [1.54, 1.807) is 29.9 Å². The third-order valence-corrected chi connectivity index (χ3v) is 8.71. The van der Waals surface area contributed by atoms with Crippen molar-refractivity contribution in [2.45, 2.75) is 49.2 Å². The van der Waals surface area contributed by atoms with Gasteiger partial charge in [-0.1, -0.05) is 0 Å². The number of sulfonamides is 1. The first-order valence-corrected chi connectivity index (χ1v) is 10.8. The molecule has 8 heteroatoms. The predicted molar refractivity (Wildman–Crippen MR) is 91.0 cm³/mol. The van der Waals surface area contributed by atoms with Crippen molar-refractivity contribution in [1.29, 1.82) is 0 Å². The molecular formula is C15H26N2O4S2. The van der Waals surface area contributed by atoms with Gasteiger partial charge >= 0.3 is 0 Å². The van der Waals surface area contributed by atoms with Crippen LogP contribution in [-0.4, -0.2) is 78.2 Å². The number of hydrogen-bond donors (Lipinski definition) is 0. The lowest BCUT2D eigenvalue weighted by atomic mass is 9.95. The maximum atomic E-state index is 12.1. The average molecular weight is 363 g/mol. The van der Waals surface area contributed by atoms with Crippen molar-refractivity contribution in [2.24, 2.45) is 0 Å². The van der Waals surface area contributed by atoms with Crippen LogP contribution in [0.3, 0.4) is 0 Å². The second-order valence-corrected chi connectivity index (χ2v) is 11.1. The summed E-state index contributed by atoms with van der Waals surface area (Å²) in [6.07, 6.45) is 3.09. The van der Waals surface area contributed by atoms with Gasteiger partial charge in [-0.15, -0.1) is 11.8 Å². The Morgan fingerprint density at radius 1 is 1.30 bits per heavy atom. The van der Waals surface area contributed by atoms with Crippen LogP contribution in [0.5, 0.6) is 0 Å². The Labute approximate surface area is 143 Å². The van der Waals surface area contributed by atoms with E-state index in [2.05, 4.69) is 0 Å². The molecule has 23 heavy (non-hydrogen) atoms. The Balaban J connectivity index is 1.44. The zero-order valence-electron chi connectivity index (χ0n) is 13.9. The van der Waals surface area contributed by atoms with Crippen molar-refractivity contribution in [1.82, 2.24) is 9.21 Å². The van der Waals surface area contributed by atoms with Crippen molar-refractivity contribution >= 4 is 27.7 Å². The highest BCUT2D eigenvalue weighted by Gasteiger charge is 2.53. The third-order valence-electron chi connectivity index (χ3n) is 4.96. The van der Waals surface area contributed by atoms with Crippen LogP contribution in [0.2, 0.25) is 0 Å². The van der Waals surface area contributed by atoms with Gasteiger partial charge in [-0.25, -0.2) is 8.42 Å². The SMILES string of the molecule is CC(C)S(=O)(=O)N1CC2(C[C@H](OCC(=O)N3CCCC3)CS2)C1. The lowest BCUT2D eigenvalue weighted by Gasteiger charge is -2.47. The van der Waals surface area contributed by atoms with Crippen molar-refractivity contribution in [3.05, 3.63) is 0 Å². The first-order valence-electron chi connectivity index (χ1n) is 8.35. The fourth-order valence-corrected chi connectivity index (χ4v) is 6.62. The number of carbonyl (C=O) groups is 1. The maximum Gasteiger partial charge on any atom is 0.248 e. The molecule has 0 aromatic heterocycles. The molecule has 3 heterocycles. The summed E-state index contributed by atoms with van der Waals surface area (Å²) in [5, 5.41) is -0.364. The molecule has 0 N–H and O–H groups in total. The van der Waals surface area contributed by atoms with E-state index in [9.17, 15) is 13.2 Å². The lowest BCUT2D eigenvalue weighted by molar-refractivity contribution is -0.136. The molecule has 3 rings (SSSR count). The quantitative estimate of drug-likeness (QED) is 0.728. The van der Waals surface area contributed by atoms with Crippen molar-refractivity contribution in [3.63, 3.8) is 0 Å². The molecule has 0 aliphatic carbocycles. The lowest BCUT2D eigenvalue weighted by Crippen LogP contribution is -2.61. The van der Waals surface area contributed by atoms with Crippen molar-refractivity contribution in [2.75, 3.05) is 38.5 Å². The van der Waals surface area contributed by atoms with Gasteiger partial charge in [0.2, 0.25) is 15.9 Å². The second kappa shape index (κ2) is 6.54. The number of amides is 1. The Bertz CT molecular complexity index is 552. The van der Waals surface area contributed by atoms with Gasteiger partial charge in [0.1, 0.15) is 6.61 Å². The normalized spacial score (nSPS) is 27.8. The summed E-state index contributed by atoms with van der Waals surface area (Å²) < 4.78 is 31.6. The maximum absolute atomic E-state index is 12.1. The number of likely N-dealkylation sites (tertiary alicyclic amines) is 1. The molecule has 3 fully saturated rings. The van der Waals surface area contributed by atoms with Crippen LogP contribution in [0.4, 0.5) is 0 Å². The molecule has 1 amide bonds. The third kappa shape index (κ3) is 3.55. The molecule has 0 radical (unpaired) electrons. The number of nitrogens with zero attached hydrogens (tertiary/aromatic N) is 2. The molecule has 3 saturated heterocycles. The predicted octanol–water partition coefficient (Wildman–Crippen LogP) is 0.923. The van der Waals surface area contributed by atoms with Crippen LogP contribution in [0, 0.1) is 0 Å². The molecular weight excluding hydrogens is 336 g/mol. The van der Waals surface area contributed by atoms with Crippen LogP contribution >= 0.6 is 11.8 Å². The van der Waals surface area contributed by atoms with Crippen LogP contribution < -0.4 is 0 Å². The number of hydrogen-bond acceptors (Lipinski definition) is 5. The summed E-state index contributed by atoms with van der Waals surface area (Å²) in [5.74, 6) is 0.939. The molecule has 132 valence electrons. The van der Waals surface area contributed by atoms with Gasteiger partial charge in [-0.3, -0.25) is 4.79 Å². The molecule has 3 aliphatic rings. The number of carbonyl (C=O) groups excluding carboxylic acids is 1. The van der Waals surface area contributed by atoms with E-state index >= 15 is 0 Å². The summed E-state index contributed by atoms with van der Waals surface area (Å²) in [5.41, 5.74) is 0. The Morgan fingerprint density at radius 2 is 1.96 bits per heavy atom. The van der Waals surface area contributed by atoms with Crippen LogP contribution in [0.15, 0.2) is 0 Å². The molecule has 1 atom stereocenters. The molecule has 0 aromatic carbocycles. The molecule has 0 unspecified atom stereocenters. The summed E-state index contributed by atoms with van der Waals surface area (Å²) in [6.45, 7) is 6.47. The summed E-state index contributed by atoms with van der Waals surface area (Å²) in [6, 6.07) is 0. The van der Waals surface area contributed by atoms with Gasteiger partial charge < -0.3 is 9.64 Å². The monoisotopic (exact) mass is 362 g/mol. The van der Waals surface area contributed by atoms with E-state index in [1.165, 1.54) is 0 Å². The van der Waals surface area contributed by atoms with E-state index in [0.717, 1.165) is 38.1 Å².